The summed E-state index contributed by atoms with van der Waals surface area (Å²) in [7, 11) is 0. The average molecular weight is 262 g/mol. The molecule has 76 valence electrons. The Morgan fingerprint density at radius 3 is 2.43 bits per heavy atom. The number of rotatable bonds is 1. The van der Waals surface area contributed by atoms with Gasteiger partial charge in [0.2, 0.25) is 5.82 Å². The number of halogens is 2. The van der Waals surface area contributed by atoms with Crippen molar-refractivity contribution in [1.82, 2.24) is 0 Å². The van der Waals surface area contributed by atoms with Crippen LogP contribution in [0.3, 0.4) is 0 Å². The maximum absolute atomic E-state index is 13.2. The van der Waals surface area contributed by atoms with Crippen LogP contribution in [0.4, 0.5) is 4.39 Å². The molecule has 14 heavy (non-hydrogen) atoms. The Labute approximate surface area is 88.5 Å². The van der Waals surface area contributed by atoms with Crippen LogP contribution in [0, 0.1) is 5.82 Å². The van der Waals surface area contributed by atoms with Gasteiger partial charge in [0.15, 0.2) is 11.5 Å². The Morgan fingerprint density at radius 1 is 1.36 bits per heavy atom. The van der Waals surface area contributed by atoms with Crippen molar-refractivity contribution in [2.75, 3.05) is 0 Å². The third-order valence-electron chi connectivity index (χ3n) is 2.49. The van der Waals surface area contributed by atoms with Gasteiger partial charge in [-0.25, -0.2) is 0 Å². The van der Waals surface area contributed by atoms with Crippen LogP contribution in [-0.2, 0) is 5.54 Å². The highest BCUT2D eigenvalue weighted by Crippen LogP contribution is 2.49. The minimum atomic E-state index is -1.02. The number of nitrogens with two attached hydrogens (primary N) is 1. The summed E-state index contributed by atoms with van der Waals surface area (Å²) >= 11 is 2.99. The summed E-state index contributed by atoms with van der Waals surface area (Å²) in [6, 6.07) is 1.46. The topological polar surface area (TPSA) is 66.5 Å². The van der Waals surface area contributed by atoms with Gasteiger partial charge in [-0.15, -0.1) is 0 Å². The molecule has 3 nitrogen and oxygen atoms in total. The van der Waals surface area contributed by atoms with Crippen molar-refractivity contribution in [3.8, 4) is 11.5 Å². The van der Waals surface area contributed by atoms with Crippen molar-refractivity contribution < 1.29 is 14.6 Å². The van der Waals surface area contributed by atoms with Crippen molar-refractivity contribution in [3.63, 3.8) is 0 Å². The van der Waals surface area contributed by atoms with Gasteiger partial charge in [-0.05, 0) is 34.8 Å². The number of phenolic OH excluding ortho intramolecular Hbond substituents is 2. The first kappa shape index (κ1) is 9.73. The van der Waals surface area contributed by atoms with E-state index in [0.29, 0.717) is 5.56 Å². The molecule has 0 aliphatic heterocycles. The third-order valence-corrected chi connectivity index (χ3v) is 3.10. The molecule has 1 aliphatic rings. The molecular formula is C9H9BrFNO2. The number of hydrogen-bond donors (Lipinski definition) is 3. The van der Waals surface area contributed by atoms with Crippen LogP contribution < -0.4 is 5.73 Å². The van der Waals surface area contributed by atoms with Crippen LogP contribution in [0.25, 0.3) is 0 Å². The molecule has 4 N–H and O–H groups in total. The van der Waals surface area contributed by atoms with Gasteiger partial charge in [-0.3, -0.25) is 0 Å². The Hall–Kier alpha value is -0.810. The Kier molecular flexibility index (Phi) is 1.97. The molecule has 0 saturated heterocycles. The summed E-state index contributed by atoms with van der Waals surface area (Å²) in [6.45, 7) is 0. The van der Waals surface area contributed by atoms with Gasteiger partial charge in [-0.2, -0.15) is 4.39 Å². The zero-order chi connectivity index (χ0) is 10.5. The van der Waals surface area contributed by atoms with E-state index in [2.05, 4.69) is 15.9 Å². The fourth-order valence-corrected chi connectivity index (χ4v) is 1.79. The first-order valence-corrected chi connectivity index (χ1v) is 4.94. The first-order chi connectivity index (χ1) is 6.46. The van der Waals surface area contributed by atoms with E-state index in [4.69, 9.17) is 5.73 Å². The molecular weight excluding hydrogens is 253 g/mol. The Balaban J connectivity index is 2.62. The van der Waals surface area contributed by atoms with Crippen LogP contribution >= 0.6 is 15.9 Å². The zero-order valence-corrected chi connectivity index (χ0v) is 8.81. The molecule has 0 amide bonds. The van der Waals surface area contributed by atoms with E-state index in [1.54, 1.807) is 0 Å². The van der Waals surface area contributed by atoms with Gasteiger partial charge < -0.3 is 15.9 Å². The fourth-order valence-electron chi connectivity index (χ4n) is 1.38. The standard InChI is InChI=1S/C9H9BrFNO2/c10-5-3-4(9(12)1-2-9)7(13)6(11)8(5)14/h3,13-14H,1-2,12H2. The lowest BCUT2D eigenvalue weighted by Gasteiger charge is -2.13. The summed E-state index contributed by atoms with van der Waals surface area (Å²) < 4.78 is 13.4. The van der Waals surface area contributed by atoms with E-state index >= 15 is 0 Å². The van der Waals surface area contributed by atoms with E-state index < -0.39 is 22.9 Å². The first-order valence-electron chi connectivity index (χ1n) is 4.15. The Morgan fingerprint density at radius 2 is 1.93 bits per heavy atom. The number of phenols is 2. The van der Waals surface area contributed by atoms with Crippen molar-refractivity contribution >= 4 is 15.9 Å². The molecule has 2 rings (SSSR count). The third kappa shape index (κ3) is 1.27. The average Bonchev–Trinajstić information content (AvgIpc) is 2.87. The molecule has 1 aliphatic carbocycles. The van der Waals surface area contributed by atoms with Gasteiger partial charge >= 0.3 is 0 Å². The predicted octanol–water partition coefficient (Wildman–Crippen LogP) is 1.95. The minimum absolute atomic E-state index is 0.208. The lowest BCUT2D eigenvalue weighted by molar-refractivity contribution is 0.379. The molecule has 0 unspecified atom stereocenters. The lowest BCUT2D eigenvalue weighted by Crippen LogP contribution is -2.19. The Bertz CT molecular complexity index is 404. The quantitative estimate of drug-likeness (QED) is 0.724. The van der Waals surface area contributed by atoms with E-state index in [1.165, 1.54) is 6.07 Å². The second kappa shape index (κ2) is 2.84. The maximum atomic E-state index is 13.2. The van der Waals surface area contributed by atoms with E-state index in [-0.39, 0.29) is 4.47 Å². The van der Waals surface area contributed by atoms with E-state index in [9.17, 15) is 14.6 Å². The van der Waals surface area contributed by atoms with Gasteiger partial charge in [0, 0.05) is 11.1 Å². The minimum Gasteiger partial charge on any atom is -0.504 e. The molecule has 0 radical (unpaired) electrons. The summed E-state index contributed by atoms with van der Waals surface area (Å²) in [5.41, 5.74) is 5.55. The van der Waals surface area contributed by atoms with E-state index in [1.807, 2.05) is 0 Å². The fraction of sp³-hybridized carbons (Fsp3) is 0.333. The van der Waals surface area contributed by atoms with Crippen LogP contribution in [0.2, 0.25) is 0 Å². The zero-order valence-electron chi connectivity index (χ0n) is 7.22. The van der Waals surface area contributed by atoms with Gasteiger partial charge in [0.1, 0.15) is 0 Å². The van der Waals surface area contributed by atoms with E-state index in [0.717, 1.165) is 12.8 Å². The highest BCUT2D eigenvalue weighted by Gasteiger charge is 2.43. The molecule has 0 atom stereocenters. The largest absolute Gasteiger partial charge is 0.504 e. The van der Waals surface area contributed by atoms with Gasteiger partial charge in [0.25, 0.3) is 0 Å². The predicted molar refractivity (Wildman–Crippen MR) is 52.5 cm³/mol. The summed E-state index contributed by atoms with van der Waals surface area (Å²) in [5, 5.41) is 18.6. The normalized spacial score (nSPS) is 18.2. The highest BCUT2D eigenvalue weighted by molar-refractivity contribution is 9.10. The van der Waals surface area contributed by atoms with Crippen molar-refractivity contribution in [2.45, 2.75) is 18.4 Å². The van der Waals surface area contributed by atoms with Crippen LogP contribution in [0.1, 0.15) is 18.4 Å². The SMILES string of the molecule is NC1(c2cc(Br)c(O)c(F)c2O)CC1. The van der Waals surface area contributed by atoms with Gasteiger partial charge in [-0.1, -0.05) is 0 Å². The number of hydrogen-bond acceptors (Lipinski definition) is 3. The van der Waals surface area contributed by atoms with Crippen LogP contribution in [-0.4, -0.2) is 10.2 Å². The molecule has 0 aromatic heterocycles. The number of aromatic hydroxyl groups is 2. The smallest absolute Gasteiger partial charge is 0.207 e. The van der Waals surface area contributed by atoms with Crippen LogP contribution in [0.15, 0.2) is 10.5 Å². The molecule has 0 spiro atoms. The molecule has 1 saturated carbocycles. The van der Waals surface area contributed by atoms with Crippen molar-refractivity contribution in [2.24, 2.45) is 5.73 Å². The molecule has 5 heteroatoms. The maximum Gasteiger partial charge on any atom is 0.207 e. The van der Waals surface area contributed by atoms with Crippen molar-refractivity contribution in [3.05, 3.63) is 21.9 Å². The van der Waals surface area contributed by atoms with Gasteiger partial charge in [0.05, 0.1) is 4.47 Å². The summed E-state index contributed by atoms with van der Waals surface area (Å²) in [6.07, 6.45) is 1.44. The highest BCUT2D eigenvalue weighted by atomic mass is 79.9. The van der Waals surface area contributed by atoms with Crippen LogP contribution in [0.5, 0.6) is 11.5 Å². The number of benzene rings is 1. The summed E-state index contributed by atoms with van der Waals surface area (Å²) in [5.74, 6) is -2.16. The molecule has 0 bridgehead atoms. The molecule has 1 aromatic rings. The molecule has 1 fully saturated rings. The molecule has 0 heterocycles. The second-order valence-electron chi connectivity index (χ2n) is 3.57. The second-order valence-corrected chi connectivity index (χ2v) is 4.43. The summed E-state index contributed by atoms with van der Waals surface area (Å²) in [4.78, 5) is 0. The molecule has 1 aromatic carbocycles. The monoisotopic (exact) mass is 261 g/mol. The lowest BCUT2D eigenvalue weighted by atomic mass is 10.0. The van der Waals surface area contributed by atoms with Crippen molar-refractivity contribution in [1.29, 1.82) is 0 Å².